The number of halogens is 4. The Morgan fingerprint density at radius 1 is 1.27 bits per heavy atom. The van der Waals surface area contributed by atoms with E-state index in [0.29, 0.717) is 23.9 Å². The Bertz CT molecular complexity index is 1110. The molecule has 1 aliphatic heterocycles. The molecule has 0 radical (unpaired) electrons. The molecule has 0 saturated carbocycles. The summed E-state index contributed by atoms with van der Waals surface area (Å²) in [6.45, 7) is 1.12. The van der Waals surface area contributed by atoms with E-state index in [4.69, 9.17) is 16.3 Å². The van der Waals surface area contributed by atoms with Gasteiger partial charge in [-0.3, -0.25) is 4.79 Å². The summed E-state index contributed by atoms with van der Waals surface area (Å²) in [5.74, 6) is -0.556. The van der Waals surface area contributed by atoms with Crippen LogP contribution in [0.3, 0.4) is 0 Å². The van der Waals surface area contributed by atoms with Gasteiger partial charge in [-0.2, -0.15) is 13.2 Å². The molecule has 2 heterocycles. The highest BCUT2D eigenvalue weighted by Crippen LogP contribution is 2.37. The van der Waals surface area contributed by atoms with Crippen LogP contribution in [0.25, 0.3) is 0 Å². The van der Waals surface area contributed by atoms with Gasteiger partial charge in [0.2, 0.25) is 11.1 Å². The Labute approximate surface area is 196 Å². The van der Waals surface area contributed by atoms with Crippen LogP contribution >= 0.6 is 23.4 Å². The van der Waals surface area contributed by atoms with Crippen molar-refractivity contribution >= 4 is 35.0 Å². The smallest absolute Gasteiger partial charge is 0.376 e. The first kappa shape index (κ1) is 23.5. The third-order valence-corrected chi connectivity index (χ3v) is 6.57. The first-order valence-electron chi connectivity index (χ1n) is 10.1. The minimum atomic E-state index is -4.57. The molecule has 1 saturated heterocycles. The average molecular weight is 498 g/mol. The Morgan fingerprint density at radius 2 is 2.06 bits per heavy atom. The van der Waals surface area contributed by atoms with Crippen LogP contribution in [0.2, 0.25) is 5.02 Å². The second-order valence-corrected chi connectivity index (χ2v) is 8.85. The normalized spacial score (nSPS) is 17.2. The number of nitrogens with zero attached hydrogens (tertiary/aromatic N) is 4. The standard InChI is InChI=1S/C21H19ClF3N5O2S/c22-16-9-8-14(21(23,24)25)11-17(16)26-19(31)18(13-5-2-1-3-6-13)33-20-27-28-29-30(20)12-15-7-4-10-32-15/h1-3,5-6,8-9,11,15,18H,4,7,10,12H2,(H,26,31)/t15-,18-/m0/s1. The molecule has 2 aromatic carbocycles. The van der Waals surface area contributed by atoms with Crippen LogP contribution < -0.4 is 5.32 Å². The number of ether oxygens (including phenoxy) is 1. The van der Waals surface area contributed by atoms with E-state index in [1.54, 1.807) is 35.0 Å². The van der Waals surface area contributed by atoms with Gasteiger partial charge in [-0.15, -0.1) is 5.10 Å². The second-order valence-electron chi connectivity index (χ2n) is 7.37. The molecule has 1 N–H and O–H groups in total. The SMILES string of the molecule is O=C(Nc1cc(C(F)(F)F)ccc1Cl)[C@@H](Sc1nnnn1C[C@@H]1CCCO1)c1ccccc1. The lowest BCUT2D eigenvalue weighted by atomic mass is 10.1. The first-order valence-corrected chi connectivity index (χ1v) is 11.3. The van der Waals surface area contributed by atoms with E-state index < -0.39 is 22.9 Å². The van der Waals surface area contributed by atoms with Gasteiger partial charge >= 0.3 is 6.18 Å². The average Bonchev–Trinajstić information content (AvgIpc) is 3.46. The van der Waals surface area contributed by atoms with Crippen molar-refractivity contribution in [2.24, 2.45) is 0 Å². The molecule has 0 aliphatic carbocycles. The van der Waals surface area contributed by atoms with Crippen LogP contribution in [-0.2, 0) is 22.3 Å². The molecule has 1 aromatic heterocycles. The fraction of sp³-hybridized carbons (Fsp3) is 0.333. The lowest BCUT2D eigenvalue weighted by Crippen LogP contribution is -2.21. The quantitative estimate of drug-likeness (QED) is 0.463. The second kappa shape index (κ2) is 10.1. The van der Waals surface area contributed by atoms with Crippen molar-refractivity contribution in [1.82, 2.24) is 20.2 Å². The van der Waals surface area contributed by atoms with Crippen LogP contribution in [0.4, 0.5) is 18.9 Å². The third-order valence-electron chi connectivity index (χ3n) is 5.01. The minimum Gasteiger partial charge on any atom is -0.376 e. The van der Waals surface area contributed by atoms with Gasteiger partial charge < -0.3 is 10.1 Å². The molecule has 3 aromatic rings. The van der Waals surface area contributed by atoms with Crippen LogP contribution in [-0.4, -0.2) is 38.8 Å². The van der Waals surface area contributed by atoms with E-state index in [1.807, 2.05) is 0 Å². The topological polar surface area (TPSA) is 81.9 Å². The summed E-state index contributed by atoms with van der Waals surface area (Å²) in [6.07, 6.45) is -2.73. The largest absolute Gasteiger partial charge is 0.416 e. The van der Waals surface area contributed by atoms with E-state index in [9.17, 15) is 18.0 Å². The minimum absolute atomic E-state index is 0.00335. The van der Waals surface area contributed by atoms with Crippen LogP contribution in [0.1, 0.15) is 29.2 Å². The highest BCUT2D eigenvalue weighted by molar-refractivity contribution is 8.00. The number of alkyl halides is 3. The molecular weight excluding hydrogens is 479 g/mol. The fourth-order valence-electron chi connectivity index (χ4n) is 3.38. The summed E-state index contributed by atoms with van der Waals surface area (Å²) < 4.78 is 46.6. The zero-order valence-corrected chi connectivity index (χ0v) is 18.7. The molecule has 0 unspecified atom stereocenters. The van der Waals surface area contributed by atoms with E-state index in [-0.39, 0.29) is 16.8 Å². The monoisotopic (exact) mass is 497 g/mol. The maximum Gasteiger partial charge on any atom is 0.416 e. The van der Waals surface area contributed by atoms with Gasteiger partial charge in [0.25, 0.3) is 0 Å². The zero-order chi connectivity index (χ0) is 23.4. The summed E-state index contributed by atoms with van der Waals surface area (Å²) >= 11 is 7.16. The molecule has 1 aliphatic rings. The van der Waals surface area contributed by atoms with Crippen molar-refractivity contribution in [1.29, 1.82) is 0 Å². The Morgan fingerprint density at radius 3 is 2.76 bits per heavy atom. The molecule has 33 heavy (non-hydrogen) atoms. The summed E-state index contributed by atoms with van der Waals surface area (Å²) in [6, 6.07) is 11.6. The number of aromatic nitrogens is 4. The first-order chi connectivity index (χ1) is 15.8. The molecule has 0 spiro atoms. The van der Waals surface area contributed by atoms with E-state index in [0.717, 1.165) is 42.8 Å². The predicted octanol–water partition coefficient (Wildman–Crippen LogP) is 5.00. The van der Waals surface area contributed by atoms with Gasteiger partial charge in [0.15, 0.2) is 0 Å². The van der Waals surface area contributed by atoms with E-state index in [1.165, 1.54) is 0 Å². The van der Waals surface area contributed by atoms with Gasteiger partial charge in [0.1, 0.15) is 5.25 Å². The predicted molar refractivity (Wildman–Crippen MR) is 117 cm³/mol. The Hall–Kier alpha value is -2.63. The molecule has 1 amide bonds. The number of hydrogen-bond acceptors (Lipinski definition) is 6. The maximum absolute atomic E-state index is 13.2. The molecule has 174 valence electrons. The molecule has 2 atom stereocenters. The van der Waals surface area contributed by atoms with Gasteiger partial charge in [-0.1, -0.05) is 53.7 Å². The molecule has 7 nitrogen and oxygen atoms in total. The van der Waals surface area contributed by atoms with Gasteiger partial charge in [0.05, 0.1) is 28.9 Å². The van der Waals surface area contributed by atoms with Crippen molar-refractivity contribution in [2.45, 2.75) is 42.1 Å². The van der Waals surface area contributed by atoms with Crippen molar-refractivity contribution in [3.63, 3.8) is 0 Å². The van der Waals surface area contributed by atoms with E-state index in [2.05, 4.69) is 20.8 Å². The van der Waals surface area contributed by atoms with Crippen molar-refractivity contribution in [3.05, 3.63) is 64.7 Å². The fourth-order valence-corrected chi connectivity index (χ4v) is 4.53. The van der Waals surface area contributed by atoms with E-state index >= 15 is 0 Å². The summed E-state index contributed by atoms with van der Waals surface area (Å²) in [5.41, 5.74) is -0.404. The number of anilines is 1. The third kappa shape index (κ3) is 5.84. The number of carbonyl (C=O) groups is 1. The lowest BCUT2D eigenvalue weighted by Gasteiger charge is -2.18. The summed E-state index contributed by atoms with van der Waals surface area (Å²) in [7, 11) is 0. The van der Waals surface area contributed by atoms with Crippen molar-refractivity contribution in [2.75, 3.05) is 11.9 Å². The lowest BCUT2D eigenvalue weighted by molar-refractivity contribution is -0.137. The van der Waals surface area contributed by atoms with Crippen LogP contribution in [0.5, 0.6) is 0 Å². The highest BCUT2D eigenvalue weighted by Gasteiger charge is 2.32. The van der Waals surface area contributed by atoms with Crippen LogP contribution in [0.15, 0.2) is 53.7 Å². The van der Waals surface area contributed by atoms with Crippen LogP contribution in [0, 0.1) is 0 Å². The number of amides is 1. The number of benzene rings is 2. The summed E-state index contributed by atoms with van der Waals surface area (Å²) in [4.78, 5) is 13.2. The Kier molecular flexibility index (Phi) is 7.20. The Balaban J connectivity index is 1.59. The van der Waals surface area contributed by atoms with Crippen molar-refractivity contribution in [3.8, 4) is 0 Å². The summed E-state index contributed by atoms with van der Waals surface area (Å²) in [5, 5.41) is 13.8. The number of tetrazole rings is 1. The molecule has 4 rings (SSSR count). The van der Waals surface area contributed by atoms with Gasteiger partial charge in [-0.25, -0.2) is 4.68 Å². The number of carbonyl (C=O) groups excluding carboxylic acids is 1. The zero-order valence-electron chi connectivity index (χ0n) is 17.1. The molecule has 1 fully saturated rings. The number of thioether (sulfide) groups is 1. The number of rotatable bonds is 7. The van der Waals surface area contributed by atoms with Gasteiger partial charge in [0, 0.05) is 6.61 Å². The molecular formula is C21H19ClF3N5O2S. The molecule has 12 heteroatoms. The van der Waals surface area contributed by atoms with Crippen molar-refractivity contribution < 1.29 is 22.7 Å². The maximum atomic E-state index is 13.2. The van der Waals surface area contributed by atoms with Gasteiger partial charge in [-0.05, 0) is 47.0 Å². The highest BCUT2D eigenvalue weighted by atomic mass is 35.5. The number of nitrogens with one attached hydrogen (secondary N) is 1. The number of hydrogen-bond donors (Lipinski definition) is 1. The molecule has 0 bridgehead atoms.